The second kappa shape index (κ2) is 6.55. The Morgan fingerprint density at radius 3 is 2.89 bits per heavy atom. The van der Waals surface area contributed by atoms with E-state index in [1.807, 2.05) is 6.92 Å². The molecule has 0 saturated carbocycles. The summed E-state index contributed by atoms with van der Waals surface area (Å²) in [5.41, 5.74) is -0.232. The van der Waals surface area contributed by atoms with E-state index < -0.39 is 0 Å². The molecule has 1 atom stereocenters. The summed E-state index contributed by atoms with van der Waals surface area (Å²) in [7, 11) is 0. The predicted octanol–water partition coefficient (Wildman–Crippen LogP) is 2.48. The predicted molar refractivity (Wildman–Crippen MR) is 78.4 cm³/mol. The van der Waals surface area contributed by atoms with Gasteiger partial charge in [0.05, 0.1) is 12.0 Å². The fourth-order valence-corrected chi connectivity index (χ4v) is 3.04. The third kappa shape index (κ3) is 3.70. The SMILES string of the molecule is Cc1ccc(CNC(=O)C2(C)CCCNC2)s1.Cl. The zero-order chi connectivity index (χ0) is 12.3. The number of thiophene rings is 1. The van der Waals surface area contributed by atoms with Gasteiger partial charge in [0.1, 0.15) is 0 Å². The standard InChI is InChI=1S/C13H20N2OS.ClH/c1-10-4-5-11(17-10)8-15-12(16)13(2)6-3-7-14-9-13;/h4-5,14H,3,6-9H2,1-2H3,(H,15,16);1H. The van der Waals surface area contributed by atoms with E-state index in [0.29, 0.717) is 6.54 Å². The third-order valence-corrected chi connectivity index (χ3v) is 4.37. The van der Waals surface area contributed by atoms with E-state index in [-0.39, 0.29) is 23.7 Å². The molecule has 5 heteroatoms. The Balaban J connectivity index is 0.00000162. The summed E-state index contributed by atoms with van der Waals surface area (Å²) >= 11 is 1.74. The fraction of sp³-hybridized carbons (Fsp3) is 0.615. The number of carbonyl (C=O) groups excluding carboxylic acids is 1. The van der Waals surface area contributed by atoms with Gasteiger partial charge in [-0.15, -0.1) is 23.7 Å². The van der Waals surface area contributed by atoms with Crippen molar-refractivity contribution in [2.24, 2.45) is 5.41 Å². The van der Waals surface area contributed by atoms with Crippen LogP contribution in [0.1, 0.15) is 29.5 Å². The first-order valence-corrected chi connectivity index (χ1v) is 6.96. The van der Waals surface area contributed by atoms with Gasteiger partial charge >= 0.3 is 0 Å². The molecule has 0 aromatic carbocycles. The van der Waals surface area contributed by atoms with Gasteiger partial charge in [-0.3, -0.25) is 4.79 Å². The lowest BCUT2D eigenvalue weighted by atomic mass is 9.82. The Morgan fingerprint density at radius 1 is 1.56 bits per heavy atom. The molecule has 2 N–H and O–H groups in total. The monoisotopic (exact) mass is 288 g/mol. The van der Waals surface area contributed by atoms with Crippen LogP contribution in [0.5, 0.6) is 0 Å². The van der Waals surface area contributed by atoms with Crippen molar-refractivity contribution in [1.29, 1.82) is 0 Å². The molecule has 1 amide bonds. The number of piperidine rings is 1. The van der Waals surface area contributed by atoms with Gasteiger partial charge in [-0.25, -0.2) is 0 Å². The molecule has 0 aliphatic carbocycles. The number of hydrogen-bond acceptors (Lipinski definition) is 3. The molecule has 1 fully saturated rings. The molecule has 1 aromatic rings. The van der Waals surface area contributed by atoms with Crippen molar-refractivity contribution in [2.45, 2.75) is 33.2 Å². The average molecular weight is 289 g/mol. The number of carbonyl (C=O) groups is 1. The molecule has 1 aliphatic heterocycles. The normalized spacial score (nSPS) is 23.2. The molecule has 18 heavy (non-hydrogen) atoms. The van der Waals surface area contributed by atoms with Crippen LogP contribution in [0, 0.1) is 12.3 Å². The van der Waals surface area contributed by atoms with E-state index in [1.54, 1.807) is 11.3 Å². The van der Waals surface area contributed by atoms with E-state index in [4.69, 9.17) is 0 Å². The summed E-state index contributed by atoms with van der Waals surface area (Å²) in [6.07, 6.45) is 2.07. The van der Waals surface area contributed by atoms with Crippen molar-refractivity contribution in [1.82, 2.24) is 10.6 Å². The highest BCUT2D eigenvalue weighted by Crippen LogP contribution is 2.25. The van der Waals surface area contributed by atoms with E-state index >= 15 is 0 Å². The summed E-state index contributed by atoms with van der Waals surface area (Å²) in [5, 5.41) is 6.35. The fourth-order valence-electron chi connectivity index (χ4n) is 2.21. The lowest BCUT2D eigenvalue weighted by Gasteiger charge is -2.32. The minimum absolute atomic E-state index is 0. The van der Waals surface area contributed by atoms with Gasteiger partial charge in [0, 0.05) is 16.3 Å². The van der Waals surface area contributed by atoms with Crippen LogP contribution in [0.15, 0.2) is 12.1 Å². The van der Waals surface area contributed by atoms with Gasteiger partial charge in [0.2, 0.25) is 5.91 Å². The van der Waals surface area contributed by atoms with E-state index in [1.165, 1.54) is 9.75 Å². The lowest BCUT2D eigenvalue weighted by molar-refractivity contribution is -0.131. The quantitative estimate of drug-likeness (QED) is 0.897. The van der Waals surface area contributed by atoms with Crippen LogP contribution in [0.3, 0.4) is 0 Å². The number of nitrogens with one attached hydrogen (secondary N) is 2. The van der Waals surface area contributed by atoms with E-state index in [9.17, 15) is 4.79 Å². The maximum Gasteiger partial charge on any atom is 0.227 e. The lowest BCUT2D eigenvalue weighted by Crippen LogP contribution is -2.48. The van der Waals surface area contributed by atoms with Crippen LogP contribution in [0.2, 0.25) is 0 Å². The van der Waals surface area contributed by atoms with Gasteiger partial charge in [-0.1, -0.05) is 0 Å². The number of aryl methyl sites for hydroxylation is 1. The molecule has 1 aromatic heterocycles. The number of hydrogen-bond donors (Lipinski definition) is 2. The Kier molecular flexibility index (Phi) is 5.63. The largest absolute Gasteiger partial charge is 0.351 e. The average Bonchev–Trinajstić information content (AvgIpc) is 2.73. The summed E-state index contributed by atoms with van der Waals surface area (Å²) in [6, 6.07) is 4.18. The molecule has 3 nitrogen and oxygen atoms in total. The third-order valence-electron chi connectivity index (χ3n) is 3.36. The van der Waals surface area contributed by atoms with Gasteiger partial charge in [-0.2, -0.15) is 0 Å². The molecular formula is C13H21ClN2OS. The second-order valence-corrected chi connectivity index (χ2v) is 6.41. The zero-order valence-corrected chi connectivity index (χ0v) is 12.5. The first-order chi connectivity index (χ1) is 8.10. The highest BCUT2D eigenvalue weighted by Gasteiger charge is 2.34. The minimum Gasteiger partial charge on any atom is -0.351 e. The summed E-state index contributed by atoms with van der Waals surface area (Å²) in [6.45, 7) is 6.62. The van der Waals surface area contributed by atoms with Gasteiger partial charge in [-0.05, 0) is 45.4 Å². The van der Waals surface area contributed by atoms with Gasteiger partial charge in [0.15, 0.2) is 0 Å². The van der Waals surface area contributed by atoms with Crippen molar-refractivity contribution >= 4 is 29.7 Å². The molecule has 1 unspecified atom stereocenters. The van der Waals surface area contributed by atoms with Crippen molar-refractivity contribution in [3.05, 3.63) is 21.9 Å². The number of rotatable bonds is 3. The first kappa shape index (κ1) is 15.5. The van der Waals surface area contributed by atoms with Crippen molar-refractivity contribution < 1.29 is 4.79 Å². The highest BCUT2D eigenvalue weighted by atomic mass is 35.5. The molecule has 2 heterocycles. The van der Waals surface area contributed by atoms with Gasteiger partial charge in [0.25, 0.3) is 0 Å². The van der Waals surface area contributed by atoms with Crippen molar-refractivity contribution in [3.8, 4) is 0 Å². The topological polar surface area (TPSA) is 41.1 Å². The smallest absolute Gasteiger partial charge is 0.227 e. The Morgan fingerprint density at radius 2 is 2.33 bits per heavy atom. The molecule has 0 bridgehead atoms. The van der Waals surface area contributed by atoms with E-state index in [0.717, 1.165) is 25.9 Å². The maximum atomic E-state index is 12.2. The van der Waals surface area contributed by atoms with Crippen LogP contribution in [0.25, 0.3) is 0 Å². The van der Waals surface area contributed by atoms with Gasteiger partial charge < -0.3 is 10.6 Å². The second-order valence-electron chi connectivity index (χ2n) is 5.04. The van der Waals surface area contributed by atoms with Crippen molar-refractivity contribution in [2.75, 3.05) is 13.1 Å². The van der Waals surface area contributed by atoms with Crippen LogP contribution in [-0.4, -0.2) is 19.0 Å². The van der Waals surface area contributed by atoms with Crippen LogP contribution < -0.4 is 10.6 Å². The molecule has 1 saturated heterocycles. The number of amides is 1. The van der Waals surface area contributed by atoms with Crippen LogP contribution in [-0.2, 0) is 11.3 Å². The van der Waals surface area contributed by atoms with Crippen molar-refractivity contribution in [3.63, 3.8) is 0 Å². The Bertz CT molecular complexity index is 399. The molecule has 0 spiro atoms. The summed E-state index contributed by atoms with van der Waals surface area (Å²) < 4.78 is 0. The van der Waals surface area contributed by atoms with E-state index in [2.05, 4.69) is 29.7 Å². The Labute approximate surface area is 119 Å². The first-order valence-electron chi connectivity index (χ1n) is 6.14. The Hall–Kier alpha value is -0.580. The van der Waals surface area contributed by atoms with Crippen LogP contribution >= 0.6 is 23.7 Å². The number of halogens is 1. The minimum atomic E-state index is -0.232. The summed E-state index contributed by atoms with van der Waals surface area (Å²) in [5.74, 6) is 0.177. The molecular weight excluding hydrogens is 268 g/mol. The van der Waals surface area contributed by atoms with Crippen LogP contribution in [0.4, 0.5) is 0 Å². The highest BCUT2D eigenvalue weighted by molar-refractivity contribution is 7.11. The maximum absolute atomic E-state index is 12.2. The summed E-state index contributed by atoms with van der Waals surface area (Å²) in [4.78, 5) is 14.7. The molecule has 102 valence electrons. The zero-order valence-electron chi connectivity index (χ0n) is 10.9. The molecule has 0 radical (unpaired) electrons. The molecule has 1 aliphatic rings. The molecule has 2 rings (SSSR count).